The third-order valence-corrected chi connectivity index (χ3v) is 6.01. The molecule has 1 aliphatic rings. The number of nitrogens with one attached hydrogen (secondary N) is 2. The maximum Gasteiger partial charge on any atom is 0.225 e. The average molecular weight is 502 g/mol. The minimum Gasteiger partial charge on any atom is -0.497 e. The van der Waals surface area contributed by atoms with E-state index in [1.165, 1.54) is 0 Å². The van der Waals surface area contributed by atoms with Crippen LogP contribution in [-0.2, 0) is 4.79 Å². The number of benzene rings is 2. The predicted molar refractivity (Wildman–Crippen MR) is 148 cm³/mol. The maximum absolute atomic E-state index is 12.5. The summed E-state index contributed by atoms with van der Waals surface area (Å²) in [6.45, 7) is 11.0. The van der Waals surface area contributed by atoms with Crippen LogP contribution in [0.1, 0.15) is 34.1 Å². The quantitative estimate of drug-likeness (QED) is 0.450. The van der Waals surface area contributed by atoms with Gasteiger partial charge in [0.2, 0.25) is 5.91 Å². The molecule has 1 amide bonds. The molecule has 7 nitrogen and oxygen atoms in total. The number of anilines is 1. The number of H-pyrrole nitrogens is 1. The highest BCUT2D eigenvalue weighted by Gasteiger charge is 2.28. The lowest BCUT2D eigenvalue weighted by Crippen LogP contribution is -2.36. The van der Waals surface area contributed by atoms with Crippen LogP contribution in [0.15, 0.2) is 36.4 Å². The minimum atomic E-state index is -0.0000407. The van der Waals surface area contributed by atoms with Gasteiger partial charge < -0.3 is 24.8 Å². The van der Waals surface area contributed by atoms with Gasteiger partial charge in [-0.05, 0) is 50.8 Å². The summed E-state index contributed by atoms with van der Waals surface area (Å²) in [5, 5.41) is 3.68. The number of aromatic nitrogens is 2. The lowest BCUT2D eigenvalue weighted by atomic mass is 10.1. The van der Waals surface area contributed by atoms with Crippen LogP contribution < -0.4 is 15.0 Å². The molecule has 0 aliphatic carbocycles. The van der Waals surface area contributed by atoms with Gasteiger partial charge in [-0.3, -0.25) is 4.79 Å². The van der Waals surface area contributed by atoms with Gasteiger partial charge in [-0.15, -0.1) is 0 Å². The van der Waals surface area contributed by atoms with Crippen LogP contribution in [0.25, 0.3) is 22.4 Å². The molecule has 8 heteroatoms. The molecule has 192 valence electrons. The van der Waals surface area contributed by atoms with Crippen molar-refractivity contribution in [1.29, 1.82) is 0 Å². The second-order valence-corrected chi connectivity index (χ2v) is 8.57. The number of halogens is 1. The molecule has 0 saturated carbocycles. The number of ether oxygens (including phenoxy) is 1. The molecule has 35 heavy (non-hydrogen) atoms. The highest BCUT2D eigenvalue weighted by molar-refractivity contribution is 6.33. The molecule has 2 N–H and O–H groups in total. The van der Waals surface area contributed by atoms with Gasteiger partial charge in [-0.1, -0.05) is 39.3 Å². The molecule has 1 saturated heterocycles. The van der Waals surface area contributed by atoms with E-state index in [2.05, 4.69) is 20.1 Å². The number of rotatable bonds is 7. The van der Waals surface area contributed by atoms with Crippen LogP contribution in [0.3, 0.4) is 0 Å². The number of fused-ring (bicyclic) bond motifs is 1. The first kappa shape index (κ1) is 28.5. The predicted octanol–water partition coefficient (Wildman–Crippen LogP) is 5.45. The molecule has 1 atom stereocenters. The first-order valence-corrected chi connectivity index (χ1v) is 12.8. The second kappa shape index (κ2) is 14.0. The monoisotopic (exact) mass is 501 g/mol. The number of aromatic amines is 1. The van der Waals surface area contributed by atoms with Gasteiger partial charge in [0.15, 0.2) is 0 Å². The molecule has 1 unspecified atom stereocenters. The van der Waals surface area contributed by atoms with Crippen LogP contribution in [0.2, 0.25) is 5.02 Å². The Labute approximate surface area is 214 Å². The number of likely N-dealkylation sites (N-methyl/N-ethyl adjacent to an activating group) is 1. The fourth-order valence-electron chi connectivity index (χ4n) is 3.89. The van der Waals surface area contributed by atoms with E-state index in [0.717, 1.165) is 47.5 Å². The first-order valence-electron chi connectivity index (χ1n) is 12.5. The highest BCUT2D eigenvalue weighted by Crippen LogP contribution is 2.34. The number of imidazole rings is 1. The van der Waals surface area contributed by atoms with Crippen LogP contribution in [-0.4, -0.2) is 68.2 Å². The third kappa shape index (κ3) is 7.36. The van der Waals surface area contributed by atoms with Crippen LogP contribution >= 0.6 is 11.6 Å². The molecular formula is C27H40ClN5O2. The maximum atomic E-state index is 12.5. The van der Waals surface area contributed by atoms with Crippen molar-refractivity contribution in [2.24, 2.45) is 5.92 Å². The normalized spacial score (nSPS) is 14.8. The van der Waals surface area contributed by atoms with E-state index in [1.54, 1.807) is 7.11 Å². The molecule has 0 spiro atoms. The van der Waals surface area contributed by atoms with Crippen molar-refractivity contribution in [1.82, 2.24) is 20.2 Å². The summed E-state index contributed by atoms with van der Waals surface area (Å²) in [4.78, 5) is 24.8. The van der Waals surface area contributed by atoms with Gasteiger partial charge in [-0.25, -0.2) is 4.98 Å². The van der Waals surface area contributed by atoms with Crippen molar-refractivity contribution >= 4 is 34.2 Å². The standard InChI is InChI=1S/C23H28ClN5O2.2C2H6/c1-28(2)11-9-25-23(30)15-8-10-29(14-15)16-4-6-19(24)18(12-16)22-26-20-7-5-17(31-3)13-21(20)27-22;2*1-2/h4-7,12-13,15H,8-11,14H2,1-3H3,(H,25,30)(H,26,27);2*1-2H3. The van der Waals surface area contributed by atoms with E-state index < -0.39 is 0 Å². The van der Waals surface area contributed by atoms with Gasteiger partial charge >= 0.3 is 0 Å². The van der Waals surface area contributed by atoms with Gasteiger partial charge in [0, 0.05) is 43.5 Å². The Morgan fingerprint density at radius 1 is 1.20 bits per heavy atom. The van der Waals surface area contributed by atoms with Crippen LogP contribution in [0, 0.1) is 5.92 Å². The topological polar surface area (TPSA) is 73.5 Å². The largest absolute Gasteiger partial charge is 0.497 e. The van der Waals surface area contributed by atoms with Crippen molar-refractivity contribution < 1.29 is 9.53 Å². The number of carbonyl (C=O) groups excluding carboxylic acids is 1. The third-order valence-electron chi connectivity index (χ3n) is 5.68. The van der Waals surface area contributed by atoms with Crippen molar-refractivity contribution in [2.45, 2.75) is 34.1 Å². The number of carbonyl (C=O) groups is 1. The molecule has 3 aromatic rings. The minimum absolute atomic E-state index is 0.0000407. The van der Waals surface area contributed by atoms with Gasteiger partial charge in [-0.2, -0.15) is 0 Å². The van der Waals surface area contributed by atoms with Crippen LogP contribution in [0.5, 0.6) is 5.75 Å². The molecule has 1 fully saturated rings. The van der Waals surface area contributed by atoms with E-state index in [1.807, 2.05) is 78.2 Å². The highest BCUT2D eigenvalue weighted by atomic mass is 35.5. The van der Waals surface area contributed by atoms with Gasteiger partial charge in [0.1, 0.15) is 11.6 Å². The molecule has 1 aromatic heterocycles. The lowest BCUT2D eigenvalue weighted by Gasteiger charge is -2.20. The molecule has 2 heterocycles. The van der Waals surface area contributed by atoms with E-state index >= 15 is 0 Å². The zero-order valence-electron chi connectivity index (χ0n) is 22.1. The number of amides is 1. The Morgan fingerprint density at radius 2 is 1.94 bits per heavy atom. The molecule has 2 aromatic carbocycles. The molecule has 0 bridgehead atoms. The summed E-state index contributed by atoms with van der Waals surface area (Å²) in [6.07, 6.45) is 0.843. The Bertz CT molecular complexity index is 1080. The first-order chi connectivity index (χ1) is 16.9. The van der Waals surface area contributed by atoms with Gasteiger partial charge in [0.05, 0.1) is 29.1 Å². The SMILES string of the molecule is CC.CC.COc1ccc2nc(-c3cc(N4CCC(C(=O)NCCN(C)C)C4)ccc3Cl)[nH]c2c1. The summed E-state index contributed by atoms with van der Waals surface area (Å²) >= 11 is 6.51. The van der Waals surface area contributed by atoms with E-state index in [-0.39, 0.29) is 11.8 Å². The molecular weight excluding hydrogens is 462 g/mol. The fraction of sp³-hybridized carbons (Fsp3) is 0.481. The Hall–Kier alpha value is -2.77. The van der Waals surface area contributed by atoms with Crippen molar-refractivity contribution in [3.63, 3.8) is 0 Å². The number of nitrogens with zero attached hydrogens (tertiary/aromatic N) is 3. The Balaban J connectivity index is 0.00000103. The van der Waals surface area contributed by atoms with E-state index in [0.29, 0.717) is 23.9 Å². The summed E-state index contributed by atoms with van der Waals surface area (Å²) in [5.74, 6) is 1.62. The Morgan fingerprint density at radius 3 is 2.63 bits per heavy atom. The molecule has 1 aliphatic heterocycles. The summed E-state index contributed by atoms with van der Waals surface area (Å²) in [5.41, 5.74) is 3.63. The summed E-state index contributed by atoms with van der Waals surface area (Å²) < 4.78 is 5.30. The average Bonchev–Trinajstić information content (AvgIpc) is 3.54. The van der Waals surface area contributed by atoms with E-state index in [4.69, 9.17) is 21.3 Å². The van der Waals surface area contributed by atoms with Crippen molar-refractivity contribution in [3.8, 4) is 17.1 Å². The molecule has 0 radical (unpaired) electrons. The zero-order chi connectivity index (χ0) is 26.0. The lowest BCUT2D eigenvalue weighted by molar-refractivity contribution is -0.124. The Kier molecular flexibility index (Phi) is 11.3. The van der Waals surface area contributed by atoms with Gasteiger partial charge in [0.25, 0.3) is 0 Å². The fourth-order valence-corrected chi connectivity index (χ4v) is 4.10. The van der Waals surface area contributed by atoms with Crippen molar-refractivity contribution in [2.75, 3.05) is 52.3 Å². The molecule has 4 rings (SSSR count). The van der Waals surface area contributed by atoms with Crippen LogP contribution in [0.4, 0.5) is 5.69 Å². The number of hydrogen-bond acceptors (Lipinski definition) is 5. The number of hydrogen-bond donors (Lipinski definition) is 2. The summed E-state index contributed by atoms with van der Waals surface area (Å²) in [6, 6.07) is 11.7. The van der Waals surface area contributed by atoms with Crippen molar-refractivity contribution in [3.05, 3.63) is 41.4 Å². The zero-order valence-corrected chi connectivity index (χ0v) is 22.9. The summed E-state index contributed by atoms with van der Waals surface area (Å²) in [7, 11) is 5.64. The second-order valence-electron chi connectivity index (χ2n) is 8.16. The number of methoxy groups -OCH3 is 1. The smallest absolute Gasteiger partial charge is 0.225 e. The van der Waals surface area contributed by atoms with E-state index in [9.17, 15) is 4.79 Å².